The van der Waals surface area contributed by atoms with Crippen LogP contribution in [0.4, 0.5) is 0 Å². The van der Waals surface area contributed by atoms with Crippen LogP contribution in [0.2, 0.25) is 0 Å². The molecule has 0 radical (unpaired) electrons. The highest BCUT2D eigenvalue weighted by molar-refractivity contribution is 14.0. The molecule has 0 aromatic heterocycles. The molecule has 1 aromatic rings. The fraction of sp³-hybridized carbons (Fsp3) is 0.611. The minimum atomic E-state index is 0. The second kappa shape index (κ2) is 9.58. The van der Waals surface area contributed by atoms with Gasteiger partial charge < -0.3 is 20.1 Å². The molecular weight excluding hydrogens is 417 g/mol. The minimum absolute atomic E-state index is 0. The summed E-state index contributed by atoms with van der Waals surface area (Å²) in [7, 11) is 1.72. The number of hydrogen-bond donors (Lipinski definition) is 2. The average Bonchev–Trinajstić information content (AvgIpc) is 3.16. The third-order valence-electron chi connectivity index (χ3n) is 4.49. The molecule has 2 bridgehead atoms. The van der Waals surface area contributed by atoms with Crippen LogP contribution >= 0.6 is 24.0 Å². The lowest BCUT2D eigenvalue weighted by molar-refractivity contribution is 0.0992. The van der Waals surface area contributed by atoms with E-state index in [1.54, 1.807) is 7.11 Å². The zero-order chi connectivity index (χ0) is 16.1. The summed E-state index contributed by atoms with van der Waals surface area (Å²) in [5, 5.41) is 6.89. The number of rotatable bonds is 6. The monoisotopic (exact) mass is 445 g/mol. The van der Waals surface area contributed by atoms with Gasteiger partial charge in [-0.3, -0.25) is 0 Å². The highest BCUT2D eigenvalue weighted by atomic mass is 127. The van der Waals surface area contributed by atoms with Gasteiger partial charge in [0.05, 0.1) is 31.4 Å². The normalized spacial score (nSPS) is 25.4. The van der Waals surface area contributed by atoms with Crippen LogP contribution in [0, 0.1) is 0 Å². The van der Waals surface area contributed by atoms with Gasteiger partial charge in [-0.15, -0.1) is 24.0 Å². The molecule has 2 aliphatic heterocycles. The van der Waals surface area contributed by atoms with E-state index >= 15 is 0 Å². The summed E-state index contributed by atoms with van der Waals surface area (Å²) in [5.41, 5.74) is 2.38. The van der Waals surface area contributed by atoms with E-state index in [0.29, 0.717) is 31.4 Å². The van der Waals surface area contributed by atoms with Crippen LogP contribution in [-0.4, -0.2) is 37.9 Å². The van der Waals surface area contributed by atoms with Gasteiger partial charge >= 0.3 is 0 Å². The lowest BCUT2D eigenvalue weighted by Gasteiger charge is -2.22. The maximum absolute atomic E-state index is 5.91. The maximum atomic E-state index is 5.91. The number of nitrogens with zero attached hydrogens (tertiary/aromatic N) is 1. The smallest absolute Gasteiger partial charge is 0.191 e. The molecule has 0 spiro atoms. The van der Waals surface area contributed by atoms with E-state index in [1.165, 1.54) is 24.0 Å². The first-order chi connectivity index (χ1) is 11.3. The van der Waals surface area contributed by atoms with E-state index < -0.39 is 0 Å². The van der Waals surface area contributed by atoms with Crippen LogP contribution in [0.25, 0.3) is 0 Å². The molecule has 24 heavy (non-hydrogen) atoms. The summed E-state index contributed by atoms with van der Waals surface area (Å²) in [6, 6.07) is 8.78. The molecule has 0 saturated carbocycles. The highest BCUT2D eigenvalue weighted by Crippen LogP contribution is 2.34. The van der Waals surface area contributed by atoms with Crippen molar-refractivity contribution in [2.75, 3.05) is 13.7 Å². The molecule has 2 heterocycles. The first kappa shape index (κ1) is 19.5. The standard InChI is InChI=1S/C18H27N3O2.HI/c1-3-19-18(21-16-10-15-7-8-17(16)23-15)20-11-13-5-4-6-14(9-13)12-22-2;/h4-6,9,15-17H,3,7-8,10-12H2,1-2H3,(H2,19,20,21);1H. The molecule has 3 atom stereocenters. The molecule has 0 aliphatic carbocycles. The highest BCUT2D eigenvalue weighted by Gasteiger charge is 2.41. The van der Waals surface area contributed by atoms with E-state index in [-0.39, 0.29) is 24.0 Å². The van der Waals surface area contributed by atoms with E-state index in [1.807, 2.05) is 0 Å². The average molecular weight is 445 g/mol. The Bertz CT molecular complexity index is 553. The Kier molecular flexibility index (Phi) is 7.77. The van der Waals surface area contributed by atoms with Gasteiger partial charge in [0, 0.05) is 13.7 Å². The summed E-state index contributed by atoms with van der Waals surface area (Å²) < 4.78 is 11.1. The van der Waals surface area contributed by atoms with E-state index in [9.17, 15) is 0 Å². The number of methoxy groups -OCH3 is 1. The van der Waals surface area contributed by atoms with E-state index in [2.05, 4.69) is 41.8 Å². The molecule has 134 valence electrons. The lowest BCUT2D eigenvalue weighted by Crippen LogP contribution is -2.47. The Hall–Kier alpha value is -0.860. The summed E-state index contributed by atoms with van der Waals surface area (Å²) >= 11 is 0. The maximum Gasteiger partial charge on any atom is 0.191 e. The van der Waals surface area contributed by atoms with Crippen molar-refractivity contribution in [1.82, 2.24) is 10.6 Å². The van der Waals surface area contributed by atoms with E-state index in [4.69, 9.17) is 14.5 Å². The molecular formula is C18H28IN3O2. The number of guanidine groups is 1. The number of hydrogen-bond acceptors (Lipinski definition) is 3. The van der Waals surface area contributed by atoms with Crippen LogP contribution in [0.3, 0.4) is 0 Å². The number of benzene rings is 1. The summed E-state index contributed by atoms with van der Waals surface area (Å²) in [6.45, 7) is 4.25. The van der Waals surface area contributed by atoms with Crippen molar-refractivity contribution in [1.29, 1.82) is 0 Å². The minimum Gasteiger partial charge on any atom is -0.380 e. The summed E-state index contributed by atoms with van der Waals surface area (Å²) in [6.07, 6.45) is 4.28. The number of halogens is 1. The Morgan fingerprint density at radius 2 is 2.17 bits per heavy atom. The van der Waals surface area contributed by atoms with Crippen molar-refractivity contribution in [3.8, 4) is 0 Å². The summed E-state index contributed by atoms with van der Waals surface area (Å²) in [4.78, 5) is 4.73. The fourth-order valence-corrected chi connectivity index (χ4v) is 3.44. The van der Waals surface area contributed by atoms with Gasteiger partial charge in [0.15, 0.2) is 5.96 Å². The molecule has 0 amide bonds. The van der Waals surface area contributed by atoms with Crippen molar-refractivity contribution in [2.24, 2.45) is 4.99 Å². The molecule has 3 rings (SSSR count). The van der Waals surface area contributed by atoms with Crippen LogP contribution in [0.15, 0.2) is 29.3 Å². The Morgan fingerprint density at radius 1 is 1.33 bits per heavy atom. The van der Waals surface area contributed by atoms with Crippen molar-refractivity contribution in [3.05, 3.63) is 35.4 Å². The topological polar surface area (TPSA) is 54.9 Å². The third kappa shape index (κ3) is 5.07. The van der Waals surface area contributed by atoms with Crippen molar-refractivity contribution >= 4 is 29.9 Å². The largest absolute Gasteiger partial charge is 0.380 e. The van der Waals surface area contributed by atoms with Crippen LogP contribution in [0.1, 0.15) is 37.3 Å². The van der Waals surface area contributed by atoms with Crippen LogP contribution in [0.5, 0.6) is 0 Å². The summed E-state index contributed by atoms with van der Waals surface area (Å²) in [5.74, 6) is 0.880. The van der Waals surface area contributed by atoms with Crippen molar-refractivity contribution < 1.29 is 9.47 Å². The molecule has 2 fully saturated rings. The Labute approximate surface area is 161 Å². The van der Waals surface area contributed by atoms with Gasteiger partial charge in [-0.1, -0.05) is 24.3 Å². The second-order valence-electron chi connectivity index (χ2n) is 6.31. The molecule has 3 unspecified atom stereocenters. The predicted molar refractivity (Wildman–Crippen MR) is 107 cm³/mol. The molecule has 2 saturated heterocycles. The molecule has 6 heteroatoms. The number of ether oxygens (including phenoxy) is 2. The number of fused-ring (bicyclic) bond motifs is 2. The molecule has 2 aliphatic rings. The number of aliphatic imine (C=N–C) groups is 1. The predicted octanol–water partition coefficient (Wildman–Crippen LogP) is 2.83. The zero-order valence-electron chi connectivity index (χ0n) is 14.5. The van der Waals surface area contributed by atoms with Gasteiger partial charge in [0.25, 0.3) is 0 Å². The quantitative estimate of drug-likeness (QED) is 0.402. The van der Waals surface area contributed by atoms with Crippen LogP contribution in [-0.2, 0) is 22.6 Å². The first-order valence-corrected chi connectivity index (χ1v) is 8.55. The van der Waals surface area contributed by atoms with Gasteiger partial charge in [-0.05, 0) is 37.3 Å². The molecule has 2 N–H and O–H groups in total. The van der Waals surface area contributed by atoms with Crippen molar-refractivity contribution in [2.45, 2.75) is 57.6 Å². The Morgan fingerprint density at radius 3 is 2.83 bits per heavy atom. The first-order valence-electron chi connectivity index (χ1n) is 8.55. The van der Waals surface area contributed by atoms with E-state index in [0.717, 1.165) is 18.9 Å². The van der Waals surface area contributed by atoms with Gasteiger partial charge in [0.2, 0.25) is 0 Å². The SMILES string of the molecule is CCNC(=NCc1cccc(COC)c1)NC1CC2CCC1O2.I. The Balaban J connectivity index is 0.00000208. The third-order valence-corrected chi connectivity index (χ3v) is 4.49. The lowest BCUT2D eigenvalue weighted by atomic mass is 9.96. The number of nitrogens with one attached hydrogen (secondary N) is 2. The fourth-order valence-electron chi connectivity index (χ4n) is 3.44. The van der Waals surface area contributed by atoms with Crippen molar-refractivity contribution in [3.63, 3.8) is 0 Å². The van der Waals surface area contributed by atoms with Gasteiger partial charge in [-0.25, -0.2) is 4.99 Å². The molecule has 1 aromatic carbocycles. The second-order valence-corrected chi connectivity index (χ2v) is 6.31. The van der Waals surface area contributed by atoms with Gasteiger partial charge in [-0.2, -0.15) is 0 Å². The molecule has 5 nitrogen and oxygen atoms in total. The zero-order valence-corrected chi connectivity index (χ0v) is 16.8. The van der Waals surface area contributed by atoms with Crippen LogP contribution < -0.4 is 10.6 Å². The van der Waals surface area contributed by atoms with Gasteiger partial charge in [0.1, 0.15) is 0 Å².